The third-order valence-electron chi connectivity index (χ3n) is 2.52. The summed E-state index contributed by atoms with van der Waals surface area (Å²) in [7, 11) is 1.35. The number of carbonyl (C=O) groups excluding carboxylic acids is 1. The van der Waals surface area contributed by atoms with Gasteiger partial charge in [0.1, 0.15) is 5.15 Å². The summed E-state index contributed by atoms with van der Waals surface area (Å²) in [5.41, 5.74) is 1.76. The Labute approximate surface area is 112 Å². The molecule has 17 heavy (non-hydrogen) atoms. The van der Waals surface area contributed by atoms with Gasteiger partial charge in [-0.1, -0.05) is 33.6 Å². The topological polar surface area (TPSA) is 39.2 Å². The molecule has 2 aromatic rings. The monoisotopic (exact) mass is 313 g/mol. The maximum atomic E-state index is 11.8. The van der Waals surface area contributed by atoms with Crippen LogP contribution in [-0.2, 0) is 4.74 Å². The lowest BCUT2D eigenvalue weighted by Crippen LogP contribution is -2.06. The third kappa shape index (κ3) is 2.15. The van der Waals surface area contributed by atoms with Gasteiger partial charge in [-0.2, -0.15) is 0 Å². The fourth-order valence-electron chi connectivity index (χ4n) is 1.67. The number of halogens is 2. The summed E-state index contributed by atoms with van der Waals surface area (Å²) in [5, 5.41) is 1.05. The normalized spacial score (nSPS) is 10.6. The van der Waals surface area contributed by atoms with Gasteiger partial charge in [0.25, 0.3) is 0 Å². The first-order valence-corrected chi connectivity index (χ1v) is 6.05. The predicted octanol–water partition coefficient (Wildman–Crippen LogP) is 3.75. The van der Waals surface area contributed by atoms with Crippen LogP contribution in [0.15, 0.2) is 22.7 Å². The summed E-state index contributed by atoms with van der Waals surface area (Å²) in [5.74, 6) is -0.404. The van der Waals surface area contributed by atoms with Crippen LogP contribution in [0.1, 0.15) is 15.9 Å². The number of esters is 1. The van der Waals surface area contributed by atoms with Gasteiger partial charge in [-0.25, -0.2) is 9.78 Å². The molecule has 0 saturated carbocycles. The van der Waals surface area contributed by atoms with Gasteiger partial charge in [-0.05, 0) is 19.1 Å². The number of rotatable bonds is 1. The molecule has 88 valence electrons. The van der Waals surface area contributed by atoms with E-state index in [1.807, 2.05) is 18.2 Å². The second kappa shape index (κ2) is 4.63. The zero-order valence-corrected chi connectivity index (χ0v) is 11.6. The van der Waals surface area contributed by atoms with Crippen LogP contribution in [0.5, 0.6) is 0 Å². The SMILES string of the molecule is COC(=O)c1c(C)c(Cl)nc2cc(Br)ccc12. The molecule has 5 heteroatoms. The van der Waals surface area contributed by atoms with E-state index in [9.17, 15) is 4.79 Å². The van der Waals surface area contributed by atoms with Gasteiger partial charge in [-0.15, -0.1) is 0 Å². The molecule has 0 fully saturated rings. The molecule has 1 aromatic heterocycles. The molecular formula is C12H9BrClNO2. The highest BCUT2D eigenvalue weighted by molar-refractivity contribution is 9.10. The highest BCUT2D eigenvalue weighted by Gasteiger charge is 2.17. The quantitative estimate of drug-likeness (QED) is 0.594. The van der Waals surface area contributed by atoms with Crippen molar-refractivity contribution in [3.63, 3.8) is 0 Å². The van der Waals surface area contributed by atoms with Crippen molar-refractivity contribution in [2.24, 2.45) is 0 Å². The number of fused-ring (bicyclic) bond motifs is 1. The average Bonchev–Trinajstić information content (AvgIpc) is 2.30. The minimum Gasteiger partial charge on any atom is -0.465 e. The summed E-state index contributed by atoms with van der Waals surface area (Å²) in [6.45, 7) is 1.75. The molecular weight excluding hydrogens is 305 g/mol. The van der Waals surface area contributed by atoms with Crippen LogP contribution in [0.4, 0.5) is 0 Å². The molecule has 0 saturated heterocycles. The molecule has 0 aliphatic rings. The van der Waals surface area contributed by atoms with Crippen molar-refractivity contribution in [1.82, 2.24) is 4.98 Å². The minimum absolute atomic E-state index is 0.316. The Hall–Kier alpha value is -1.13. The average molecular weight is 315 g/mol. The fraction of sp³-hybridized carbons (Fsp3) is 0.167. The van der Waals surface area contributed by atoms with Gasteiger partial charge < -0.3 is 4.74 Å². The summed E-state index contributed by atoms with van der Waals surface area (Å²) in [6, 6.07) is 5.49. The number of hydrogen-bond acceptors (Lipinski definition) is 3. The van der Waals surface area contributed by atoms with E-state index in [4.69, 9.17) is 16.3 Å². The Morgan fingerprint density at radius 2 is 2.18 bits per heavy atom. The molecule has 0 bridgehead atoms. The van der Waals surface area contributed by atoms with E-state index in [2.05, 4.69) is 20.9 Å². The van der Waals surface area contributed by atoms with Crippen LogP contribution >= 0.6 is 27.5 Å². The molecule has 0 spiro atoms. The van der Waals surface area contributed by atoms with Crippen LogP contribution < -0.4 is 0 Å². The Balaban J connectivity index is 2.87. The zero-order chi connectivity index (χ0) is 12.6. The molecule has 0 amide bonds. The molecule has 0 atom stereocenters. The number of carbonyl (C=O) groups is 1. The minimum atomic E-state index is -0.404. The van der Waals surface area contributed by atoms with Crippen LogP contribution in [0.2, 0.25) is 5.15 Å². The summed E-state index contributed by atoms with van der Waals surface area (Å²) >= 11 is 9.37. The van der Waals surface area contributed by atoms with Gasteiger partial charge in [0.15, 0.2) is 0 Å². The maximum Gasteiger partial charge on any atom is 0.338 e. The molecule has 0 aliphatic heterocycles. The Kier molecular flexibility index (Phi) is 3.35. The van der Waals surface area contributed by atoms with Gasteiger partial charge in [-0.3, -0.25) is 0 Å². The molecule has 2 rings (SSSR count). The van der Waals surface area contributed by atoms with Gasteiger partial charge >= 0.3 is 5.97 Å². The number of nitrogens with zero attached hydrogens (tertiary/aromatic N) is 1. The maximum absolute atomic E-state index is 11.8. The Morgan fingerprint density at radius 1 is 1.47 bits per heavy atom. The molecule has 1 heterocycles. The number of pyridine rings is 1. The first-order valence-electron chi connectivity index (χ1n) is 4.88. The van der Waals surface area contributed by atoms with E-state index in [0.717, 1.165) is 9.86 Å². The van der Waals surface area contributed by atoms with E-state index in [1.165, 1.54) is 7.11 Å². The van der Waals surface area contributed by atoms with Crippen LogP contribution in [0.25, 0.3) is 10.9 Å². The fourth-order valence-corrected chi connectivity index (χ4v) is 2.20. The molecule has 0 aliphatic carbocycles. The van der Waals surface area contributed by atoms with Crippen molar-refractivity contribution >= 4 is 44.4 Å². The van der Waals surface area contributed by atoms with E-state index in [-0.39, 0.29) is 0 Å². The van der Waals surface area contributed by atoms with Crippen molar-refractivity contribution in [3.05, 3.63) is 39.0 Å². The molecule has 1 aromatic carbocycles. The first-order chi connectivity index (χ1) is 8.04. The van der Waals surface area contributed by atoms with Crippen molar-refractivity contribution in [1.29, 1.82) is 0 Å². The van der Waals surface area contributed by atoms with Crippen molar-refractivity contribution < 1.29 is 9.53 Å². The number of aromatic nitrogens is 1. The lowest BCUT2D eigenvalue weighted by Gasteiger charge is -2.09. The van der Waals surface area contributed by atoms with Crippen molar-refractivity contribution in [2.75, 3.05) is 7.11 Å². The smallest absolute Gasteiger partial charge is 0.338 e. The van der Waals surface area contributed by atoms with Gasteiger partial charge in [0.2, 0.25) is 0 Å². The van der Waals surface area contributed by atoms with Crippen molar-refractivity contribution in [2.45, 2.75) is 6.92 Å². The lowest BCUT2D eigenvalue weighted by molar-refractivity contribution is 0.0602. The third-order valence-corrected chi connectivity index (χ3v) is 3.38. The number of ether oxygens (including phenoxy) is 1. The Bertz CT molecular complexity index is 613. The molecule has 0 radical (unpaired) electrons. The van der Waals surface area contributed by atoms with E-state index < -0.39 is 5.97 Å². The number of benzene rings is 1. The van der Waals surface area contributed by atoms with Gasteiger partial charge in [0, 0.05) is 15.4 Å². The van der Waals surface area contributed by atoms with Gasteiger partial charge in [0.05, 0.1) is 18.2 Å². The molecule has 0 unspecified atom stereocenters. The molecule has 0 N–H and O–H groups in total. The van der Waals surface area contributed by atoms with E-state index in [0.29, 0.717) is 21.8 Å². The van der Waals surface area contributed by atoms with E-state index >= 15 is 0 Å². The van der Waals surface area contributed by atoms with Crippen molar-refractivity contribution in [3.8, 4) is 0 Å². The van der Waals surface area contributed by atoms with Crippen LogP contribution in [-0.4, -0.2) is 18.1 Å². The predicted molar refractivity (Wildman–Crippen MR) is 70.5 cm³/mol. The number of methoxy groups -OCH3 is 1. The van der Waals surface area contributed by atoms with Crippen LogP contribution in [0.3, 0.4) is 0 Å². The molecule has 3 nitrogen and oxygen atoms in total. The summed E-state index contributed by atoms with van der Waals surface area (Å²) < 4.78 is 5.66. The summed E-state index contributed by atoms with van der Waals surface area (Å²) in [4.78, 5) is 16.0. The second-order valence-electron chi connectivity index (χ2n) is 3.56. The highest BCUT2D eigenvalue weighted by atomic mass is 79.9. The van der Waals surface area contributed by atoms with E-state index in [1.54, 1.807) is 6.92 Å². The lowest BCUT2D eigenvalue weighted by atomic mass is 10.0. The Morgan fingerprint density at radius 3 is 2.82 bits per heavy atom. The largest absolute Gasteiger partial charge is 0.465 e. The van der Waals surface area contributed by atoms with Crippen LogP contribution in [0, 0.1) is 6.92 Å². The summed E-state index contributed by atoms with van der Waals surface area (Å²) in [6.07, 6.45) is 0. The highest BCUT2D eigenvalue weighted by Crippen LogP contribution is 2.28. The zero-order valence-electron chi connectivity index (χ0n) is 9.25. The second-order valence-corrected chi connectivity index (χ2v) is 4.83. The standard InChI is InChI=1S/C12H9BrClNO2/c1-6-10(12(16)17-2)8-4-3-7(13)5-9(8)15-11(6)14/h3-5H,1-2H3. The number of hydrogen-bond donors (Lipinski definition) is 0. The first kappa shape index (κ1) is 12.3.